The number of nitrogens with one attached hydrogen (secondary N) is 1. The average Bonchev–Trinajstić information content (AvgIpc) is 2.73. The van der Waals surface area contributed by atoms with E-state index in [-0.39, 0.29) is 35.6 Å². The Bertz CT molecular complexity index is 1140. The molecule has 34 heavy (non-hydrogen) atoms. The van der Waals surface area contributed by atoms with Crippen LogP contribution in [0.25, 0.3) is 0 Å². The van der Waals surface area contributed by atoms with Gasteiger partial charge in [-0.15, -0.1) is 0 Å². The Labute approximate surface area is 209 Å². The zero-order valence-electron chi connectivity index (χ0n) is 19.4. The zero-order valence-corrected chi connectivity index (χ0v) is 21.7. The number of amides is 2. The van der Waals surface area contributed by atoms with Crippen LogP contribution in [-0.2, 0) is 26.2 Å². The Morgan fingerprint density at radius 1 is 1.09 bits per heavy atom. The van der Waals surface area contributed by atoms with Gasteiger partial charge < -0.3 is 10.2 Å². The van der Waals surface area contributed by atoms with Crippen LogP contribution in [0, 0.1) is 5.82 Å². The molecule has 7 nitrogen and oxygen atoms in total. The van der Waals surface area contributed by atoms with Crippen LogP contribution in [0.1, 0.15) is 32.8 Å². The van der Waals surface area contributed by atoms with E-state index < -0.39 is 34.3 Å². The fraction of sp³-hybridized carbons (Fsp3) is 0.391. The first-order chi connectivity index (χ1) is 15.8. The van der Waals surface area contributed by atoms with Crippen molar-refractivity contribution in [1.29, 1.82) is 0 Å². The predicted molar refractivity (Wildman–Crippen MR) is 133 cm³/mol. The van der Waals surface area contributed by atoms with Gasteiger partial charge in [0.1, 0.15) is 18.4 Å². The van der Waals surface area contributed by atoms with Gasteiger partial charge in [-0.1, -0.05) is 48.3 Å². The van der Waals surface area contributed by atoms with Gasteiger partial charge in [-0.25, -0.2) is 12.8 Å². The maximum atomic E-state index is 13.6. The third-order valence-corrected chi connectivity index (χ3v) is 6.78. The largest absolute Gasteiger partial charge is 0.352 e. The Balaban J connectivity index is 2.48. The molecular weight excluding hydrogens is 504 g/mol. The number of hydrogen-bond acceptors (Lipinski definition) is 4. The summed E-state index contributed by atoms with van der Waals surface area (Å²) in [5.74, 6) is -1.72. The maximum absolute atomic E-state index is 13.6. The molecule has 11 heteroatoms. The second-order valence-corrected chi connectivity index (χ2v) is 10.8. The summed E-state index contributed by atoms with van der Waals surface area (Å²) in [6, 6.07) is 9.22. The molecule has 186 valence electrons. The van der Waals surface area contributed by atoms with Crippen molar-refractivity contribution in [1.82, 2.24) is 10.2 Å². The van der Waals surface area contributed by atoms with Crippen LogP contribution >= 0.6 is 23.2 Å². The molecule has 0 radical (unpaired) electrons. The van der Waals surface area contributed by atoms with E-state index in [0.29, 0.717) is 10.6 Å². The van der Waals surface area contributed by atoms with Gasteiger partial charge in [0.05, 0.1) is 17.0 Å². The van der Waals surface area contributed by atoms with Crippen LogP contribution in [0.3, 0.4) is 0 Å². The van der Waals surface area contributed by atoms with E-state index in [9.17, 15) is 22.4 Å². The summed E-state index contributed by atoms with van der Waals surface area (Å²) in [5.41, 5.74) is 0.628. The summed E-state index contributed by atoms with van der Waals surface area (Å²) in [5, 5.41) is 2.93. The van der Waals surface area contributed by atoms with Gasteiger partial charge in [0.2, 0.25) is 21.8 Å². The van der Waals surface area contributed by atoms with Gasteiger partial charge in [0.25, 0.3) is 0 Å². The van der Waals surface area contributed by atoms with E-state index in [0.717, 1.165) is 22.7 Å². The van der Waals surface area contributed by atoms with Crippen molar-refractivity contribution >= 4 is 50.7 Å². The first kappa shape index (κ1) is 27.9. The number of rotatable bonds is 10. The van der Waals surface area contributed by atoms with E-state index in [2.05, 4.69) is 5.32 Å². The summed E-state index contributed by atoms with van der Waals surface area (Å²) >= 11 is 12.1. The van der Waals surface area contributed by atoms with Gasteiger partial charge in [0.15, 0.2) is 0 Å². The van der Waals surface area contributed by atoms with Crippen molar-refractivity contribution in [3.05, 3.63) is 63.9 Å². The first-order valence-electron chi connectivity index (χ1n) is 10.6. The highest BCUT2D eigenvalue weighted by molar-refractivity contribution is 7.92. The van der Waals surface area contributed by atoms with E-state index in [1.54, 1.807) is 45.0 Å². The zero-order chi connectivity index (χ0) is 25.6. The maximum Gasteiger partial charge on any atom is 0.244 e. The van der Waals surface area contributed by atoms with Crippen molar-refractivity contribution in [2.45, 2.75) is 45.8 Å². The molecule has 1 atom stereocenters. The summed E-state index contributed by atoms with van der Waals surface area (Å²) < 4.78 is 39.5. The van der Waals surface area contributed by atoms with Gasteiger partial charge in [0, 0.05) is 17.6 Å². The summed E-state index contributed by atoms with van der Waals surface area (Å²) in [6.45, 7) is 4.73. The third kappa shape index (κ3) is 7.32. The molecule has 2 aromatic carbocycles. The fourth-order valence-electron chi connectivity index (χ4n) is 3.36. The van der Waals surface area contributed by atoms with Gasteiger partial charge in [-0.05, 0) is 50.1 Å². The number of halogens is 3. The molecule has 0 bridgehead atoms. The molecule has 2 rings (SSSR count). The SMILES string of the molecule is CC[C@H](C(=O)NC(C)C)N(Cc1ccccc1Cl)C(=O)CN(c1ccc(F)c(Cl)c1)S(C)(=O)=O. The standard InChI is InChI=1S/C23H28Cl2FN3O4S/c1-5-21(23(31)27-15(2)3)28(13-16-8-6-7-9-18(16)24)22(30)14-29(34(4,32)33)17-10-11-20(26)19(25)12-17/h6-12,15,21H,5,13-14H2,1-4H3,(H,27,31)/t21-/m1/s1. The smallest absolute Gasteiger partial charge is 0.244 e. The Morgan fingerprint density at radius 3 is 2.26 bits per heavy atom. The van der Waals surface area contributed by atoms with Crippen molar-refractivity contribution in [2.24, 2.45) is 0 Å². The highest BCUT2D eigenvalue weighted by atomic mass is 35.5. The number of nitrogens with zero attached hydrogens (tertiary/aromatic N) is 2. The van der Waals surface area contributed by atoms with Crippen LogP contribution in [0.5, 0.6) is 0 Å². The molecule has 0 aliphatic carbocycles. The number of hydrogen-bond donors (Lipinski definition) is 1. The molecule has 0 heterocycles. The van der Waals surface area contributed by atoms with Crippen LogP contribution in [0.4, 0.5) is 10.1 Å². The topological polar surface area (TPSA) is 86.8 Å². The van der Waals surface area contributed by atoms with E-state index in [1.807, 2.05) is 0 Å². The van der Waals surface area contributed by atoms with Crippen molar-refractivity contribution < 1.29 is 22.4 Å². The third-order valence-electron chi connectivity index (χ3n) is 4.99. The fourth-order valence-corrected chi connectivity index (χ4v) is 4.58. The summed E-state index contributed by atoms with van der Waals surface area (Å²) in [4.78, 5) is 27.7. The van der Waals surface area contributed by atoms with Crippen LogP contribution < -0.4 is 9.62 Å². The molecule has 2 amide bonds. The number of benzene rings is 2. The normalized spacial score (nSPS) is 12.4. The summed E-state index contributed by atoms with van der Waals surface area (Å²) in [6.07, 6.45) is 1.22. The van der Waals surface area contributed by atoms with Crippen molar-refractivity contribution in [2.75, 3.05) is 17.1 Å². The Kier molecular flexibility index (Phi) is 9.73. The minimum Gasteiger partial charge on any atom is -0.352 e. The minimum absolute atomic E-state index is 0.00962. The minimum atomic E-state index is -3.95. The number of carbonyl (C=O) groups excluding carboxylic acids is 2. The lowest BCUT2D eigenvalue weighted by atomic mass is 10.1. The van der Waals surface area contributed by atoms with E-state index >= 15 is 0 Å². The Hall–Kier alpha value is -2.36. The number of sulfonamides is 1. The van der Waals surface area contributed by atoms with Crippen molar-refractivity contribution in [3.63, 3.8) is 0 Å². The molecule has 1 N–H and O–H groups in total. The number of anilines is 1. The first-order valence-corrected chi connectivity index (χ1v) is 13.2. The molecule has 0 unspecified atom stereocenters. The van der Waals surface area contributed by atoms with Crippen molar-refractivity contribution in [3.8, 4) is 0 Å². The lowest BCUT2D eigenvalue weighted by molar-refractivity contribution is -0.140. The molecule has 0 aromatic heterocycles. The lowest BCUT2D eigenvalue weighted by Crippen LogP contribution is -2.53. The molecule has 0 spiro atoms. The molecule has 0 aliphatic rings. The van der Waals surface area contributed by atoms with Crippen LogP contribution in [0.15, 0.2) is 42.5 Å². The van der Waals surface area contributed by atoms with Gasteiger partial charge >= 0.3 is 0 Å². The predicted octanol–water partition coefficient (Wildman–Crippen LogP) is 4.23. The monoisotopic (exact) mass is 531 g/mol. The van der Waals surface area contributed by atoms with Gasteiger partial charge in [-0.3, -0.25) is 13.9 Å². The lowest BCUT2D eigenvalue weighted by Gasteiger charge is -2.33. The van der Waals surface area contributed by atoms with E-state index in [4.69, 9.17) is 23.2 Å². The second-order valence-electron chi connectivity index (χ2n) is 8.07. The molecule has 2 aromatic rings. The second kappa shape index (κ2) is 11.9. The van der Waals surface area contributed by atoms with E-state index in [1.165, 1.54) is 11.0 Å². The molecule has 0 saturated heterocycles. The summed E-state index contributed by atoms with van der Waals surface area (Å²) in [7, 11) is -3.95. The molecule has 0 aliphatic heterocycles. The van der Waals surface area contributed by atoms with Gasteiger partial charge in [-0.2, -0.15) is 0 Å². The highest BCUT2D eigenvalue weighted by Crippen LogP contribution is 2.26. The highest BCUT2D eigenvalue weighted by Gasteiger charge is 2.32. The number of carbonyl (C=O) groups is 2. The molecular formula is C23H28Cl2FN3O4S. The quantitative estimate of drug-likeness (QED) is 0.496. The van der Waals surface area contributed by atoms with Crippen LogP contribution in [-0.4, -0.2) is 50.0 Å². The Morgan fingerprint density at radius 2 is 1.74 bits per heavy atom. The average molecular weight is 532 g/mol. The van der Waals surface area contributed by atoms with Crippen LogP contribution in [0.2, 0.25) is 10.0 Å². The molecule has 0 fully saturated rings. The molecule has 0 saturated carbocycles.